The maximum Gasteiger partial charge on any atom is 0.354 e. The zero-order valence-electron chi connectivity index (χ0n) is 18.3. The molecule has 178 valence electrons. The Morgan fingerprint density at radius 1 is 0.853 bits per heavy atom. The van der Waals surface area contributed by atoms with E-state index >= 15 is 0 Å². The summed E-state index contributed by atoms with van der Waals surface area (Å²) in [5, 5.41) is 10.4. The number of carbonyl (C=O) groups excluding carboxylic acids is 1. The molecule has 0 saturated heterocycles. The number of pyridine rings is 2. The molecule has 0 radical (unpaired) electrons. The highest BCUT2D eigenvalue weighted by molar-refractivity contribution is 6.37. The molecule has 0 bridgehead atoms. The van der Waals surface area contributed by atoms with E-state index in [1.807, 2.05) is 0 Å². The Morgan fingerprint density at radius 3 is 1.82 bits per heavy atom. The van der Waals surface area contributed by atoms with Crippen LogP contribution in [0.4, 0.5) is 0 Å². The number of carbonyl (C=O) groups is 1. The average Bonchev–Trinajstić information content (AvgIpc) is 2.85. The lowest BCUT2D eigenvalue weighted by Crippen LogP contribution is -2.11. The quantitative estimate of drug-likeness (QED) is 0.360. The van der Waals surface area contributed by atoms with E-state index in [0.717, 1.165) is 0 Å². The molecule has 34 heavy (non-hydrogen) atoms. The van der Waals surface area contributed by atoms with Crippen LogP contribution in [0.1, 0.15) is 16.2 Å². The van der Waals surface area contributed by atoms with Crippen LogP contribution in [-0.4, -0.2) is 42.4 Å². The number of benzene rings is 2. The Bertz CT molecular complexity index is 1500. The Kier molecular flexibility index (Phi) is 7.83. The van der Waals surface area contributed by atoms with E-state index in [-0.39, 0.29) is 28.2 Å². The number of esters is 1. The number of aliphatic hydroxyl groups is 1. The fourth-order valence-electron chi connectivity index (χ4n) is 3.20. The molecule has 4 rings (SSSR count). The molecule has 0 aliphatic heterocycles. The van der Waals surface area contributed by atoms with E-state index in [9.17, 15) is 14.4 Å². The van der Waals surface area contributed by atoms with Crippen molar-refractivity contribution >= 4 is 51.0 Å². The van der Waals surface area contributed by atoms with Gasteiger partial charge in [0.2, 0.25) is 0 Å². The first-order chi connectivity index (χ1) is 16.2. The second-order valence-electron chi connectivity index (χ2n) is 6.86. The van der Waals surface area contributed by atoms with Crippen molar-refractivity contribution in [2.45, 2.75) is 6.61 Å². The van der Waals surface area contributed by atoms with Gasteiger partial charge in [0.05, 0.1) is 39.0 Å². The van der Waals surface area contributed by atoms with Gasteiger partial charge in [-0.15, -0.1) is 0 Å². The first-order valence-electron chi connectivity index (χ1n) is 9.72. The van der Waals surface area contributed by atoms with Gasteiger partial charge >= 0.3 is 5.97 Å². The predicted molar refractivity (Wildman–Crippen MR) is 130 cm³/mol. The molecule has 3 N–H and O–H groups in total. The lowest BCUT2D eigenvalue weighted by atomic mass is 10.2. The SMILES string of the molecule is COC(=O)c1cc(=O)c2ccc(OC)c(Cl)c2[nH]1.COc1ccc2c(=O)cc(CO)[nH]c2c1Cl. The van der Waals surface area contributed by atoms with Crippen LogP contribution in [0.15, 0.2) is 46.0 Å². The minimum atomic E-state index is -0.632. The van der Waals surface area contributed by atoms with Gasteiger partial charge in [0.1, 0.15) is 27.2 Å². The zero-order valence-corrected chi connectivity index (χ0v) is 19.8. The summed E-state index contributed by atoms with van der Waals surface area (Å²) in [6.45, 7) is -0.237. The number of aliphatic hydroxyl groups excluding tert-OH is 1. The number of H-pyrrole nitrogens is 2. The first-order valence-corrected chi connectivity index (χ1v) is 10.5. The molecule has 2 heterocycles. The van der Waals surface area contributed by atoms with Gasteiger partial charge in [-0.25, -0.2) is 4.79 Å². The number of hydrogen-bond donors (Lipinski definition) is 3. The fourth-order valence-corrected chi connectivity index (χ4v) is 3.78. The largest absolute Gasteiger partial charge is 0.495 e. The van der Waals surface area contributed by atoms with Crippen molar-refractivity contribution < 1.29 is 24.1 Å². The lowest BCUT2D eigenvalue weighted by Gasteiger charge is -2.07. The Morgan fingerprint density at radius 2 is 1.35 bits per heavy atom. The predicted octanol–water partition coefficient (Wildman–Crippen LogP) is 3.66. The number of fused-ring (bicyclic) bond motifs is 2. The van der Waals surface area contributed by atoms with Crippen LogP contribution in [0.3, 0.4) is 0 Å². The molecule has 2 aromatic heterocycles. The van der Waals surface area contributed by atoms with Crippen LogP contribution in [0, 0.1) is 0 Å². The van der Waals surface area contributed by atoms with Gasteiger partial charge in [0.25, 0.3) is 0 Å². The summed E-state index contributed by atoms with van der Waals surface area (Å²) in [6.07, 6.45) is 0. The van der Waals surface area contributed by atoms with Crippen molar-refractivity contribution in [2.24, 2.45) is 0 Å². The minimum absolute atomic E-state index is 0.0464. The number of aromatic amines is 2. The molecule has 2 aromatic carbocycles. The van der Waals surface area contributed by atoms with Gasteiger partial charge in [-0.1, -0.05) is 23.2 Å². The molecular formula is C23H20Cl2N2O7. The van der Waals surface area contributed by atoms with E-state index in [2.05, 4.69) is 14.7 Å². The van der Waals surface area contributed by atoms with E-state index < -0.39 is 5.97 Å². The van der Waals surface area contributed by atoms with E-state index in [0.29, 0.717) is 44.0 Å². The van der Waals surface area contributed by atoms with Crippen LogP contribution in [0.5, 0.6) is 11.5 Å². The zero-order chi connectivity index (χ0) is 25.0. The second-order valence-corrected chi connectivity index (χ2v) is 7.62. The smallest absolute Gasteiger partial charge is 0.354 e. The number of nitrogens with one attached hydrogen (secondary N) is 2. The normalized spacial score (nSPS) is 10.5. The molecule has 0 amide bonds. The third-order valence-electron chi connectivity index (χ3n) is 4.89. The Labute approximate surface area is 202 Å². The number of ether oxygens (including phenoxy) is 3. The Hall–Kier alpha value is -3.53. The van der Waals surface area contributed by atoms with Crippen LogP contribution >= 0.6 is 23.2 Å². The highest BCUT2D eigenvalue weighted by Gasteiger charge is 2.14. The summed E-state index contributed by atoms with van der Waals surface area (Å²) < 4.78 is 14.7. The van der Waals surface area contributed by atoms with E-state index in [1.54, 1.807) is 24.3 Å². The summed E-state index contributed by atoms with van der Waals surface area (Å²) >= 11 is 12.2. The standard InChI is InChI=1S/C12H10ClNO4.C11H10ClNO3/c1-17-9-4-3-6-8(15)5-7(12(16)18-2)14-11(6)10(9)13;1-16-9-3-2-7-8(15)4-6(5-14)13-11(7)10(9)12/h3-5H,1-2H3,(H,14,15);2-4,14H,5H2,1H3,(H,13,15). The van der Waals surface area contributed by atoms with Gasteiger partial charge in [-0.05, 0) is 24.3 Å². The van der Waals surface area contributed by atoms with Crippen molar-refractivity contribution in [3.63, 3.8) is 0 Å². The van der Waals surface area contributed by atoms with Gasteiger partial charge in [0.15, 0.2) is 10.9 Å². The lowest BCUT2D eigenvalue weighted by molar-refractivity contribution is 0.0594. The Balaban J connectivity index is 0.000000192. The summed E-state index contributed by atoms with van der Waals surface area (Å²) in [5.41, 5.74) is 0.815. The monoisotopic (exact) mass is 506 g/mol. The summed E-state index contributed by atoms with van der Waals surface area (Å²) in [4.78, 5) is 40.6. The molecule has 0 fully saturated rings. The summed E-state index contributed by atoms with van der Waals surface area (Å²) in [5.74, 6) is 0.273. The van der Waals surface area contributed by atoms with E-state index in [1.165, 1.54) is 33.5 Å². The highest BCUT2D eigenvalue weighted by atomic mass is 35.5. The topological polar surface area (TPSA) is 131 Å². The third kappa shape index (κ3) is 4.86. The molecule has 9 nitrogen and oxygen atoms in total. The number of methoxy groups -OCH3 is 3. The maximum absolute atomic E-state index is 11.8. The summed E-state index contributed by atoms with van der Waals surface area (Å²) in [7, 11) is 4.20. The molecule has 0 aliphatic carbocycles. The number of aromatic nitrogens is 2. The molecule has 4 aromatic rings. The van der Waals surface area contributed by atoms with Crippen LogP contribution in [0.2, 0.25) is 10.0 Å². The van der Waals surface area contributed by atoms with Crippen molar-refractivity contribution in [1.29, 1.82) is 0 Å². The minimum Gasteiger partial charge on any atom is -0.495 e. The average molecular weight is 507 g/mol. The van der Waals surface area contributed by atoms with Crippen molar-refractivity contribution in [3.05, 3.63) is 78.3 Å². The van der Waals surface area contributed by atoms with Crippen molar-refractivity contribution in [1.82, 2.24) is 9.97 Å². The molecule has 0 atom stereocenters. The molecule has 11 heteroatoms. The van der Waals surface area contributed by atoms with Crippen LogP contribution in [-0.2, 0) is 11.3 Å². The van der Waals surface area contributed by atoms with Crippen LogP contribution in [0.25, 0.3) is 21.8 Å². The van der Waals surface area contributed by atoms with Gasteiger partial charge in [-0.2, -0.15) is 0 Å². The fraction of sp³-hybridized carbons (Fsp3) is 0.174. The van der Waals surface area contributed by atoms with Crippen LogP contribution < -0.4 is 20.3 Å². The highest BCUT2D eigenvalue weighted by Crippen LogP contribution is 2.31. The summed E-state index contributed by atoms with van der Waals surface area (Å²) in [6, 6.07) is 8.98. The number of rotatable bonds is 4. The van der Waals surface area contributed by atoms with Gasteiger partial charge < -0.3 is 29.3 Å². The van der Waals surface area contributed by atoms with Crippen molar-refractivity contribution in [3.8, 4) is 11.5 Å². The number of hydrogen-bond acceptors (Lipinski definition) is 7. The van der Waals surface area contributed by atoms with Crippen molar-refractivity contribution in [2.75, 3.05) is 21.3 Å². The maximum atomic E-state index is 11.8. The first kappa shape index (κ1) is 25.1. The molecule has 0 unspecified atom stereocenters. The molecular weight excluding hydrogens is 487 g/mol. The molecule has 0 aliphatic rings. The third-order valence-corrected chi connectivity index (χ3v) is 5.64. The van der Waals surface area contributed by atoms with Gasteiger partial charge in [0, 0.05) is 28.6 Å². The van der Waals surface area contributed by atoms with Gasteiger partial charge in [-0.3, -0.25) is 9.59 Å². The second kappa shape index (κ2) is 10.6. The van der Waals surface area contributed by atoms with E-state index in [4.69, 9.17) is 37.8 Å². The molecule has 0 saturated carbocycles. The molecule has 0 spiro atoms. The number of halogens is 2.